The Morgan fingerprint density at radius 2 is 2.03 bits per heavy atom. The van der Waals surface area contributed by atoms with Crippen molar-refractivity contribution in [2.24, 2.45) is 11.7 Å². The predicted molar refractivity (Wildman–Crippen MR) is 134 cm³/mol. The number of amides is 2. The third-order valence-corrected chi connectivity index (χ3v) is 7.74. The second-order valence-corrected chi connectivity index (χ2v) is 10.6. The summed E-state index contributed by atoms with van der Waals surface area (Å²) in [5, 5.41) is 10.1. The molecule has 39 heavy (non-hydrogen) atoms. The maximum absolute atomic E-state index is 14.9. The fourth-order valence-corrected chi connectivity index (χ4v) is 5.76. The van der Waals surface area contributed by atoms with Crippen LogP contribution in [0.5, 0.6) is 5.88 Å². The molecule has 2 amide bonds. The molecule has 4 rings (SSSR count). The van der Waals surface area contributed by atoms with Gasteiger partial charge in [-0.05, 0) is 42.0 Å². The number of nitrogens with one attached hydrogen (secondary N) is 2. The number of amidine groups is 1. The van der Waals surface area contributed by atoms with Gasteiger partial charge >= 0.3 is 6.18 Å². The van der Waals surface area contributed by atoms with Crippen molar-refractivity contribution < 1.29 is 36.6 Å². The third kappa shape index (κ3) is 6.76. The van der Waals surface area contributed by atoms with Gasteiger partial charge in [0.2, 0.25) is 11.8 Å². The minimum Gasteiger partial charge on any atom is -0.467 e. The fraction of sp³-hybridized carbons (Fsp3) is 0.458. The van der Waals surface area contributed by atoms with Gasteiger partial charge in [-0.25, -0.2) is 14.4 Å². The van der Waals surface area contributed by atoms with Crippen LogP contribution in [-0.2, 0) is 9.53 Å². The lowest BCUT2D eigenvalue weighted by Crippen LogP contribution is -2.47. The highest BCUT2D eigenvalue weighted by molar-refractivity contribution is 8.15. The summed E-state index contributed by atoms with van der Waals surface area (Å²) in [6.45, 7) is 1.90. The van der Waals surface area contributed by atoms with Crippen molar-refractivity contribution in [3.63, 3.8) is 0 Å². The maximum atomic E-state index is 14.9. The molecular formula is C24H26F4N6O4S. The minimum atomic E-state index is -4.55. The van der Waals surface area contributed by atoms with Crippen molar-refractivity contribution in [2.75, 3.05) is 38.2 Å². The van der Waals surface area contributed by atoms with Crippen LogP contribution in [0.25, 0.3) is 0 Å². The molecule has 1 aromatic heterocycles. The Hall–Kier alpha value is -3.46. The number of ether oxygens (including phenoxy) is 2. The van der Waals surface area contributed by atoms with E-state index in [0.717, 1.165) is 24.2 Å². The summed E-state index contributed by atoms with van der Waals surface area (Å²) in [5.74, 6) is -2.57. The first-order valence-electron chi connectivity index (χ1n) is 11.9. The molecule has 2 aromatic rings. The van der Waals surface area contributed by atoms with Gasteiger partial charge in [0.15, 0.2) is 11.8 Å². The van der Waals surface area contributed by atoms with Gasteiger partial charge in [-0.1, -0.05) is 18.7 Å². The topological polar surface area (TPSA) is 144 Å². The van der Waals surface area contributed by atoms with E-state index in [4.69, 9.17) is 15.9 Å². The van der Waals surface area contributed by atoms with Gasteiger partial charge in [-0.3, -0.25) is 15.0 Å². The van der Waals surface area contributed by atoms with Crippen LogP contribution in [0.2, 0.25) is 0 Å². The molecule has 0 unspecified atom stereocenters. The summed E-state index contributed by atoms with van der Waals surface area (Å²) >= 11 is 0.974. The summed E-state index contributed by atoms with van der Waals surface area (Å²) in [7, 11) is 0. The van der Waals surface area contributed by atoms with E-state index in [1.165, 1.54) is 18.2 Å². The molecule has 2 fully saturated rings. The molecule has 2 aliphatic rings. The van der Waals surface area contributed by atoms with E-state index < -0.39 is 41.1 Å². The molecule has 2 heterocycles. The first kappa shape index (κ1) is 28.5. The lowest BCUT2D eigenvalue weighted by atomic mass is 9.93. The molecule has 0 bridgehead atoms. The molecule has 4 N–H and O–H groups in total. The maximum Gasteiger partial charge on any atom is 0.422 e. The van der Waals surface area contributed by atoms with Gasteiger partial charge in [0.05, 0.1) is 25.6 Å². The number of anilines is 1. The summed E-state index contributed by atoms with van der Waals surface area (Å²) in [6, 6.07) is 3.99. The number of alkyl halides is 3. The van der Waals surface area contributed by atoms with E-state index in [0.29, 0.717) is 32.7 Å². The van der Waals surface area contributed by atoms with Crippen LogP contribution in [0.3, 0.4) is 0 Å². The lowest BCUT2D eigenvalue weighted by molar-refractivity contribution is -0.154. The summed E-state index contributed by atoms with van der Waals surface area (Å²) in [4.78, 5) is 35.1. The molecule has 15 heteroatoms. The zero-order valence-electron chi connectivity index (χ0n) is 20.8. The Kier molecular flexibility index (Phi) is 8.30. The van der Waals surface area contributed by atoms with Gasteiger partial charge in [-0.2, -0.15) is 13.2 Å². The van der Waals surface area contributed by atoms with Crippen molar-refractivity contribution in [2.45, 2.75) is 30.2 Å². The van der Waals surface area contributed by atoms with Crippen LogP contribution in [0, 0.1) is 17.1 Å². The highest BCUT2D eigenvalue weighted by Crippen LogP contribution is 2.61. The van der Waals surface area contributed by atoms with Gasteiger partial charge in [-0.15, -0.1) is 0 Å². The number of hydrogen-bond acceptors (Lipinski definition) is 8. The highest BCUT2D eigenvalue weighted by Gasteiger charge is 2.64. The first-order valence-corrected chi connectivity index (χ1v) is 12.7. The Labute approximate surface area is 225 Å². The first-order chi connectivity index (χ1) is 18.4. The number of aromatic nitrogens is 2. The van der Waals surface area contributed by atoms with Crippen molar-refractivity contribution in [3.05, 3.63) is 47.7 Å². The van der Waals surface area contributed by atoms with Crippen LogP contribution in [0.15, 0.2) is 30.6 Å². The van der Waals surface area contributed by atoms with Crippen LogP contribution in [-0.4, -0.2) is 75.7 Å². The predicted octanol–water partition coefficient (Wildman–Crippen LogP) is 3.16. The molecule has 1 aliphatic carbocycles. The fourth-order valence-electron chi connectivity index (χ4n) is 4.53. The van der Waals surface area contributed by atoms with Crippen molar-refractivity contribution >= 4 is 34.4 Å². The Bertz CT molecular complexity index is 1240. The molecular weight excluding hydrogens is 544 g/mol. The van der Waals surface area contributed by atoms with Crippen molar-refractivity contribution in [1.29, 1.82) is 5.41 Å². The van der Waals surface area contributed by atoms with Crippen LogP contribution in [0.4, 0.5) is 23.2 Å². The van der Waals surface area contributed by atoms with Crippen LogP contribution < -0.4 is 15.8 Å². The molecule has 1 aromatic carbocycles. The molecule has 10 nitrogen and oxygen atoms in total. The molecule has 0 spiro atoms. The number of carbonyl (C=O) groups is 2. The van der Waals surface area contributed by atoms with Crippen molar-refractivity contribution in [3.8, 4) is 5.88 Å². The average molecular weight is 571 g/mol. The Morgan fingerprint density at radius 3 is 2.64 bits per heavy atom. The number of carbonyl (C=O) groups excluding carboxylic acids is 2. The monoisotopic (exact) mass is 570 g/mol. The zero-order chi connectivity index (χ0) is 28.4. The van der Waals surface area contributed by atoms with Gasteiger partial charge < -0.3 is 25.4 Å². The van der Waals surface area contributed by atoms with Crippen LogP contribution >= 0.6 is 11.8 Å². The normalized spacial score (nSPS) is 21.7. The molecule has 210 valence electrons. The number of halogens is 4. The summed E-state index contributed by atoms with van der Waals surface area (Å²) < 4.78 is 60.6. The standard InChI is InChI=1S/C24H26F4N6O4S/c1-13(16-9-23(16,39-22(29)30)21(36)34-4-6-37-7-5-34)15-8-14(2-3-17(15)25)33-20(35)18-10-32-19(11-31-18)38-12-24(26,27)28/h2-3,8,10-11,13,16H,4-7,9,12H2,1H3,(H3,29,30)(H,33,35)/t13-,16-,23-/m0/s1. The molecule has 0 radical (unpaired) electrons. The molecule has 1 aliphatic heterocycles. The van der Waals surface area contributed by atoms with Crippen LogP contribution in [0.1, 0.15) is 35.3 Å². The second kappa shape index (κ2) is 11.3. The van der Waals surface area contributed by atoms with Gasteiger partial charge in [0, 0.05) is 18.8 Å². The van der Waals surface area contributed by atoms with E-state index in [9.17, 15) is 27.2 Å². The van der Waals surface area contributed by atoms with E-state index in [1.807, 2.05) is 0 Å². The van der Waals surface area contributed by atoms with E-state index in [-0.39, 0.29) is 33.9 Å². The third-order valence-electron chi connectivity index (χ3n) is 6.51. The van der Waals surface area contributed by atoms with E-state index in [2.05, 4.69) is 20.0 Å². The smallest absolute Gasteiger partial charge is 0.422 e. The number of nitrogens with two attached hydrogens (primary N) is 1. The summed E-state index contributed by atoms with van der Waals surface area (Å²) in [5.41, 5.74) is 5.97. The number of rotatable bonds is 8. The number of hydrogen-bond donors (Lipinski definition) is 3. The largest absolute Gasteiger partial charge is 0.467 e. The van der Waals surface area contributed by atoms with Gasteiger partial charge in [0.25, 0.3) is 5.91 Å². The summed E-state index contributed by atoms with van der Waals surface area (Å²) in [6.07, 6.45) is -2.29. The zero-order valence-corrected chi connectivity index (χ0v) is 21.6. The number of morpholine rings is 1. The number of benzene rings is 1. The Balaban J connectivity index is 1.46. The number of thioether (sulfide) groups is 1. The van der Waals surface area contributed by atoms with E-state index >= 15 is 0 Å². The van der Waals surface area contributed by atoms with E-state index in [1.54, 1.807) is 11.8 Å². The SMILES string of the molecule is C[C@@H](c1cc(NC(=O)c2cnc(OCC(F)(F)F)cn2)ccc1F)[C@@H]1C[C@@]1(SC(=N)N)C(=O)N1CCOCC1. The van der Waals surface area contributed by atoms with Crippen molar-refractivity contribution in [1.82, 2.24) is 14.9 Å². The minimum absolute atomic E-state index is 0.158. The van der Waals surface area contributed by atoms with Gasteiger partial charge in [0.1, 0.15) is 16.3 Å². The number of nitrogens with zero attached hydrogens (tertiary/aromatic N) is 3. The molecule has 3 atom stereocenters. The average Bonchev–Trinajstić information content (AvgIpc) is 3.62. The second-order valence-electron chi connectivity index (χ2n) is 9.19. The quantitative estimate of drug-likeness (QED) is 0.250. The molecule has 1 saturated heterocycles. The lowest BCUT2D eigenvalue weighted by Gasteiger charge is -2.31. The Morgan fingerprint density at radius 1 is 1.31 bits per heavy atom. The highest BCUT2D eigenvalue weighted by atomic mass is 32.2. The molecule has 1 saturated carbocycles.